The van der Waals surface area contributed by atoms with Crippen LogP contribution in [0.25, 0.3) is 0 Å². The Morgan fingerprint density at radius 1 is 1.05 bits per heavy atom. The van der Waals surface area contributed by atoms with Gasteiger partial charge in [0.15, 0.2) is 5.60 Å². The number of ether oxygens (including phenoxy) is 1. The summed E-state index contributed by atoms with van der Waals surface area (Å²) >= 11 is 0. The number of hydrogen-bond donors (Lipinski definition) is 3. The Bertz CT molecular complexity index is 723. The Kier molecular flexibility index (Phi) is 3.20. The number of fused-ring (bicyclic) bond motifs is 1. The minimum atomic E-state index is -1.56. The highest BCUT2D eigenvalue weighted by Crippen LogP contribution is 2.51. The molecule has 0 saturated heterocycles. The number of phenols is 1. The third-order valence-electron chi connectivity index (χ3n) is 4.85. The van der Waals surface area contributed by atoms with Gasteiger partial charge in [0, 0.05) is 11.1 Å². The summed E-state index contributed by atoms with van der Waals surface area (Å²) in [5.41, 5.74) is -0.922. The van der Waals surface area contributed by atoms with E-state index in [0.29, 0.717) is 22.4 Å². The average Bonchev–Trinajstić information content (AvgIpc) is 2.48. The quantitative estimate of drug-likeness (QED) is 0.757. The van der Waals surface area contributed by atoms with Gasteiger partial charge >= 0.3 is 0 Å². The second kappa shape index (κ2) is 4.73. The number of rotatable bonds is 1. The van der Waals surface area contributed by atoms with Gasteiger partial charge in [0.2, 0.25) is 0 Å². The van der Waals surface area contributed by atoms with Crippen molar-refractivity contribution in [3.63, 3.8) is 0 Å². The molecular formula is C18H20O4. The summed E-state index contributed by atoms with van der Waals surface area (Å²) in [7, 11) is 0. The van der Waals surface area contributed by atoms with Crippen LogP contribution in [-0.4, -0.2) is 20.9 Å². The first-order valence-electron chi connectivity index (χ1n) is 7.26. The van der Waals surface area contributed by atoms with Crippen LogP contribution < -0.4 is 4.74 Å². The van der Waals surface area contributed by atoms with Crippen molar-refractivity contribution in [2.45, 2.75) is 38.1 Å². The number of aromatic hydroxyl groups is 1. The molecule has 0 bridgehead atoms. The number of benzene rings is 2. The van der Waals surface area contributed by atoms with Gasteiger partial charge in [0.1, 0.15) is 23.2 Å². The molecule has 4 heteroatoms. The van der Waals surface area contributed by atoms with Crippen molar-refractivity contribution >= 4 is 0 Å². The number of hydrogen-bond acceptors (Lipinski definition) is 4. The van der Waals surface area contributed by atoms with Gasteiger partial charge in [-0.3, -0.25) is 0 Å². The summed E-state index contributed by atoms with van der Waals surface area (Å²) in [4.78, 5) is 0. The Labute approximate surface area is 129 Å². The smallest absolute Gasteiger partial charge is 0.163 e. The molecule has 3 rings (SSSR count). The Morgan fingerprint density at radius 3 is 2.45 bits per heavy atom. The molecule has 1 aliphatic heterocycles. The summed E-state index contributed by atoms with van der Waals surface area (Å²) in [5.74, 6) is 0.665. The first kappa shape index (κ1) is 14.9. The number of phenolic OH excluding ortho intramolecular Hbond substituents is 1. The minimum absolute atomic E-state index is 0.131. The van der Waals surface area contributed by atoms with Crippen molar-refractivity contribution in [3.05, 3.63) is 59.2 Å². The van der Waals surface area contributed by atoms with E-state index in [4.69, 9.17) is 4.74 Å². The number of aliphatic hydroxyl groups excluding tert-OH is 1. The predicted octanol–water partition coefficient (Wildman–Crippen LogP) is 2.79. The Morgan fingerprint density at radius 2 is 1.73 bits per heavy atom. The van der Waals surface area contributed by atoms with E-state index >= 15 is 0 Å². The van der Waals surface area contributed by atoms with Gasteiger partial charge in [-0.15, -0.1) is 0 Å². The molecule has 0 aromatic heterocycles. The van der Waals surface area contributed by atoms with E-state index in [-0.39, 0.29) is 5.75 Å². The lowest BCUT2D eigenvalue weighted by molar-refractivity contribution is -0.195. The Balaban J connectivity index is 2.24. The predicted molar refractivity (Wildman–Crippen MR) is 82.8 cm³/mol. The van der Waals surface area contributed by atoms with E-state index in [9.17, 15) is 15.3 Å². The zero-order valence-corrected chi connectivity index (χ0v) is 12.9. The molecule has 1 heterocycles. The van der Waals surface area contributed by atoms with Crippen LogP contribution in [0.2, 0.25) is 0 Å². The molecule has 1 aliphatic rings. The van der Waals surface area contributed by atoms with Crippen LogP contribution >= 0.6 is 0 Å². The third kappa shape index (κ3) is 1.84. The minimum Gasteiger partial charge on any atom is -0.508 e. The maximum Gasteiger partial charge on any atom is 0.163 e. The number of para-hydroxylation sites is 1. The maximum atomic E-state index is 11.0. The van der Waals surface area contributed by atoms with Crippen molar-refractivity contribution in [1.82, 2.24) is 0 Å². The van der Waals surface area contributed by atoms with Gasteiger partial charge in [-0.05, 0) is 38.5 Å². The fourth-order valence-electron chi connectivity index (χ4n) is 3.15. The Hall–Kier alpha value is -2.04. The monoisotopic (exact) mass is 300 g/mol. The molecule has 0 radical (unpaired) electrons. The van der Waals surface area contributed by atoms with Crippen molar-refractivity contribution in [2.24, 2.45) is 0 Å². The molecule has 3 N–H and O–H groups in total. The molecule has 0 amide bonds. The molecule has 0 aliphatic carbocycles. The lowest BCUT2D eigenvalue weighted by atomic mass is 9.71. The van der Waals surface area contributed by atoms with Crippen molar-refractivity contribution < 1.29 is 20.1 Å². The average molecular weight is 300 g/mol. The van der Waals surface area contributed by atoms with Gasteiger partial charge in [0.25, 0.3) is 0 Å². The molecule has 2 aromatic carbocycles. The van der Waals surface area contributed by atoms with Gasteiger partial charge in [0.05, 0.1) is 0 Å². The molecule has 0 fully saturated rings. The molecule has 4 nitrogen and oxygen atoms in total. The van der Waals surface area contributed by atoms with Crippen LogP contribution in [0.4, 0.5) is 0 Å². The van der Waals surface area contributed by atoms with E-state index in [1.807, 2.05) is 6.07 Å². The molecule has 0 saturated carbocycles. The summed E-state index contributed by atoms with van der Waals surface area (Å²) in [6, 6.07) is 12.2. The molecule has 0 spiro atoms. The molecular weight excluding hydrogens is 280 g/mol. The normalized spacial score (nSPS) is 30.5. The molecule has 2 aromatic rings. The zero-order valence-electron chi connectivity index (χ0n) is 12.9. The van der Waals surface area contributed by atoms with Crippen LogP contribution in [0.5, 0.6) is 11.5 Å². The highest BCUT2D eigenvalue weighted by Gasteiger charge is 2.56. The standard InChI is InChI=1S/C18H20O4/c1-11-13(8-6-9-14(11)19)18(3)17(2,21)16(20)12-7-4-5-10-15(12)22-18/h4-10,16,19-21H,1-3H3. The highest BCUT2D eigenvalue weighted by molar-refractivity contribution is 5.48. The molecule has 3 atom stereocenters. The molecule has 3 unspecified atom stereocenters. The van der Waals surface area contributed by atoms with E-state index in [0.717, 1.165) is 0 Å². The lowest BCUT2D eigenvalue weighted by Gasteiger charge is -2.50. The van der Waals surface area contributed by atoms with Gasteiger partial charge < -0.3 is 20.1 Å². The SMILES string of the molecule is Cc1c(O)cccc1C1(C)Oc2ccccc2C(O)C1(C)O. The van der Waals surface area contributed by atoms with Gasteiger partial charge in [-0.25, -0.2) is 0 Å². The first-order valence-corrected chi connectivity index (χ1v) is 7.26. The van der Waals surface area contributed by atoms with Crippen LogP contribution in [0.1, 0.15) is 36.6 Å². The zero-order chi connectivity index (χ0) is 16.1. The second-order valence-electron chi connectivity index (χ2n) is 6.17. The molecule has 116 valence electrons. The van der Waals surface area contributed by atoms with Crippen molar-refractivity contribution in [2.75, 3.05) is 0 Å². The fourth-order valence-corrected chi connectivity index (χ4v) is 3.15. The topological polar surface area (TPSA) is 69.9 Å². The maximum absolute atomic E-state index is 11.0. The lowest BCUT2D eigenvalue weighted by Crippen LogP contribution is -2.58. The van der Waals surface area contributed by atoms with Crippen LogP contribution in [-0.2, 0) is 5.60 Å². The number of aliphatic hydroxyl groups is 2. The van der Waals surface area contributed by atoms with E-state index in [1.165, 1.54) is 0 Å². The second-order valence-corrected chi connectivity index (χ2v) is 6.17. The molecule has 22 heavy (non-hydrogen) atoms. The summed E-state index contributed by atoms with van der Waals surface area (Å²) in [6.45, 7) is 5.05. The van der Waals surface area contributed by atoms with E-state index in [1.54, 1.807) is 57.2 Å². The summed E-state index contributed by atoms with van der Waals surface area (Å²) in [6.07, 6.45) is -1.09. The summed E-state index contributed by atoms with van der Waals surface area (Å²) in [5, 5.41) is 31.7. The third-order valence-corrected chi connectivity index (χ3v) is 4.85. The van der Waals surface area contributed by atoms with Gasteiger partial charge in [-0.1, -0.05) is 30.3 Å². The van der Waals surface area contributed by atoms with Crippen LogP contribution in [0, 0.1) is 6.92 Å². The van der Waals surface area contributed by atoms with Crippen molar-refractivity contribution in [1.29, 1.82) is 0 Å². The summed E-state index contributed by atoms with van der Waals surface area (Å²) < 4.78 is 6.11. The largest absolute Gasteiger partial charge is 0.508 e. The van der Waals surface area contributed by atoms with Crippen molar-refractivity contribution in [3.8, 4) is 11.5 Å². The highest BCUT2D eigenvalue weighted by atomic mass is 16.5. The van der Waals surface area contributed by atoms with Crippen LogP contribution in [0.3, 0.4) is 0 Å². The van der Waals surface area contributed by atoms with Crippen LogP contribution in [0.15, 0.2) is 42.5 Å². The first-order chi connectivity index (χ1) is 10.3. The van der Waals surface area contributed by atoms with E-state index in [2.05, 4.69) is 0 Å². The van der Waals surface area contributed by atoms with E-state index < -0.39 is 17.3 Å². The fraction of sp³-hybridized carbons (Fsp3) is 0.333. The van der Waals surface area contributed by atoms with Gasteiger partial charge in [-0.2, -0.15) is 0 Å².